The second kappa shape index (κ2) is 12.1. The number of carbonyl (C=O) groups excluding carboxylic acids is 1. The molecule has 0 radical (unpaired) electrons. The number of thioether (sulfide) groups is 1. The standard InChI is InChI=1S/C28H25N5OS3/c34-26(31-23(16-24-17-29-19-30-24)15-20-7-3-1-4-8-20)22-11-13-25(14-12-22)33-28(35)37-27(32-33)36-18-21-9-5-2-6-10-21/h1-14,17,19,23H,15-16,18H2,(H,29,30)(H,31,34). The van der Waals surface area contributed by atoms with Gasteiger partial charge in [0.25, 0.3) is 5.91 Å². The second-order valence-electron chi connectivity index (χ2n) is 8.51. The fourth-order valence-corrected chi connectivity index (χ4v) is 6.28. The molecule has 0 fully saturated rings. The number of hydrogen-bond donors (Lipinski definition) is 2. The van der Waals surface area contributed by atoms with Crippen LogP contribution in [0.25, 0.3) is 5.69 Å². The lowest BCUT2D eigenvalue weighted by Crippen LogP contribution is -2.38. The van der Waals surface area contributed by atoms with Gasteiger partial charge >= 0.3 is 0 Å². The molecule has 0 aliphatic carbocycles. The SMILES string of the molecule is O=C(NC(Cc1ccccc1)Cc1cnc[nH]1)c1ccc(-n2nc(SCc3ccccc3)sc2=S)cc1. The lowest BCUT2D eigenvalue weighted by atomic mass is 10.0. The van der Waals surface area contributed by atoms with Gasteiger partial charge in [-0.2, -0.15) is 0 Å². The third kappa shape index (κ3) is 6.82. The summed E-state index contributed by atoms with van der Waals surface area (Å²) in [5, 5.41) is 7.89. The van der Waals surface area contributed by atoms with Crippen molar-refractivity contribution in [3.05, 3.63) is 124 Å². The first-order chi connectivity index (χ1) is 18.1. The van der Waals surface area contributed by atoms with Gasteiger partial charge in [-0.1, -0.05) is 83.8 Å². The van der Waals surface area contributed by atoms with Gasteiger partial charge in [0.2, 0.25) is 0 Å². The zero-order valence-electron chi connectivity index (χ0n) is 19.9. The first-order valence-corrected chi connectivity index (χ1v) is 14.0. The monoisotopic (exact) mass is 543 g/mol. The Labute approximate surface area is 228 Å². The molecular formula is C28H25N5OS3. The van der Waals surface area contributed by atoms with E-state index in [4.69, 9.17) is 17.3 Å². The number of aromatic amines is 1. The van der Waals surface area contributed by atoms with Crippen LogP contribution in [-0.4, -0.2) is 31.7 Å². The van der Waals surface area contributed by atoms with Crippen LogP contribution in [0.5, 0.6) is 0 Å². The summed E-state index contributed by atoms with van der Waals surface area (Å²) < 4.78 is 3.35. The van der Waals surface area contributed by atoms with Gasteiger partial charge < -0.3 is 10.3 Å². The quantitative estimate of drug-likeness (QED) is 0.161. The molecule has 186 valence electrons. The number of rotatable bonds is 10. The minimum Gasteiger partial charge on any atom is -0.349 e. The van der Waals surface area contributed by atoms with Crippen molar-refractivity contribution in [2.24, 2.45) is 0 Å². The van der Waals surface area contributed by atoms with E-state index < -0.39 is 0 Å². The molecule has 0 aliphatic rings. The van der Waals surface area contributed by atoms with E-state index in [1.807, 2.05) is 60.7 Å². The lowest BCUT2D eigenvalue weighted by Gasteiger charge is -2.18. The van der Waals surface area contributed by atoms with Crippen LogP contribution in [0.2, 0.25) is 0 Å². The molecule has 0 bridgehead atoms. The van der Waals surface area contributed by atoms with Gasteiger partial charge in [0.05, 0.1) is 12.0 Å². The average molecular weight is 544 g/mol. The normalized spacial score (nSPS) is 11.8. The van der Waals surface area contributed by atoms with Gasteiger partial charge in [-0.3, -0.25) is 4.79 Å². The van der Waals surface area contributed by atoms with Gasteiger partial charge in [0.1, 0.15) is 0 Å². The summed E-state index contributed by atoms with van der Waals surface area (Å²) in [6, 6.07) is 27.8. The number of aromatic nitrogens is 4. The maximum Gasteiger partial charge on any atom is 0.251 e. The molecule has 3 aromatic carbocycles. The lowest BCUT2D eigenvalue weighted by molar-refractivity contribution is 0.0936. The summed E-state index contributed by atoms with van der Waals surface area (Å²) in [6.45, 7) is 0. The van der Waals surface area contributed by atoms with Crippen LogP contribution in [0.15, 0.2) is 102 Å². The van der Waals surface area contributed by atoms with E-state index in [9.17, 15) is 4.79 Å². The number of carbonyl (C=O) groups is 1. The van der Waals surface area contributed by atoms with Crippen LogP contribution in [0.3, 0.4) is 0 Å². The van der Waals surface area contributed by atoms with Gasteiger partial charge in [0.15, 0.2) is 8.29 Å². The van der Waals surface area contributed by atoms with E-state index in [1.54, 1.807) is 29.0 Å². The Kier molecular flexibility index (Phi) is 8.25. The van der Waals surface area contributed by atoms with E-state index >= 15 is 0 Å². The second-order valence-corrected chi connectivity index (χ2v) is 11.4. The Morgan fingerprint density at radius 3 is 2.35 bits per heavy atom. The van der Waals surface area contributed by atoms with E-state index in [0.29, 0.717) is 15.9 Å². The Bertz CT molecular complexity index is 1480. The van der Waals surface area contributed by atoms with Crippen molar-refractivity contribution in [2.75, 3.05) is 0 Å². The van der Waals surface area contributed by atoms with Gasteiger partial charge in [-0.25, -0.2) is 9.67 Å². The molecule has 1 amide bonds. The highest BCUT2D eigenvalue weighted by molar-refractivity contribution is 8.00. The summed E-state index contributed by atoms with van der Waals surface area (Å²) in [5.41, 5.74) is 4.82. The first-order valence-electron chi connectivity index (χ1n) is 11.8. The molecule has 5 aromatic rings. The van der Waals surface area contributed by atoms with Crippen molar-refractivity contribution in [3.63, 3.8) is 0 Å². The summed E-state index contributed by atoms with van der Waals surface area (Å²) in [7, 11) is 0. The fourth-order valence-electron chi connectivity index (χ4n) is 3.96. The number of amides is 1. The molecule has 1 atom stereocenters. The predicted octanol–water partition coefficient (Wildman–Crippen LogP) is 6.26. The number of nitrogens with zero attached hydrogens (tertiary/aromatic N) is 3. The van der Waals surface area contributed by atoms with Crippen LogP contribution in [0, 0.1) is 3.95 Å². The highest BCUT2D eigenvalue weighted by Crippen LogP contribution is 2.27. The molecule has 9 heteroatoms. The summed E-state index contributed by atoms with van der Waals surface area (Å²) in [5.74, 6) is 0.721. The third-order valence-electron chi connectivity index (χ3n) is 5.79. The zero-order valence-corrected chi connectivity index (χ0v) is 22.4. The fraction of sp³-hybridized carbons (Fsp3) is 0.143. The van der Waals surface area contributed by atoms with Gasteiger partial charge in [0, 0.05) is 35.7 Å². The summed E-state index contributed by atoms with van der Waals surface area (Å²) >= 11 is 8.72. The Morgan fingerprint density at radius 1 is 0.973 bits per heavy atom. The molecule has 37 heavy (non-hydrogen) atoms. The molecular weight excluding hydrogens is 519 g/mol. The Hall–Kier alpha value is -3.53. The van der Waals surface area contributed by atoms with Crippen LogP contribution in [0.1, 0.15) is 27.2 Å². The number of H-pyrrole nitrogens is 1. The van der Waals surface area contributed by atoms with Crippen molar-refractivity contribution >= 4 is 41.2 Å². The highest BCUT2D eigenvalue weighted by atomic mass is 32.2. The third-order valence-corrected chi connectivity index (χ3v) is 8.23. The van der Waals surface area contributed by atoms with Crippen molar-refractivity contribution < 1.29 is 4.79 Å². The molecule has 2 N–H and O–H groups in total. The van der Waals surface area contributed by atoms with Crippen molar-refractivity contribution in [1.29, 1.82) is 0 Å². The van der Waals surface area contributed by atoms with E-state index in [2.05, 4.69) is 39.6 Å². The summed E-state index contributed by atoms with van der Waals surface area (Å²) in [6.07, 6.45) is 4.84. The molecule has 0 spiro atoms. The number of hydrogen-bond acceptors (Lipinski definition) is 6. The molecule has 5 rings (SSSR count). The van der Waals surface area contributed by atoms with Crippen LogP contribution in [-0.2, 0) is 18.6 Å². The number of benzene rings is 3. The maximum absolute atomic E-state index is 13.1. The molecule has 0 saturated carbocycles. The van der Waals surface area contributed by atoms with Crippen LogP contribution < -0.4 is 5.32 Å². The minimum absolute atomic E-state index is 0.0774. The minimum atomic E-state index is -0.118. The van der Waals surface area contributed by atoms with Crippen molar-refractivity contribution in [1.82, 2.24) is 25.1 Å². The number of nitrogens with one attached hydrogen (secondary N) is 2. The first kappa shape index (κ1) is 25.1. The maximum atomic E-state index is 13.1. The number of imidazole rings is 1. The smallest absolute Gasteiger partial charge is 0.251 e. The molecule has 0 aliphatic heterocycles. The average Bonchev–Trinajstić information content (AvgIpc) is 3.58. The molecule has 1 unspecified atom stereocenters. The largest absolute Gasteiger partial charge is 0.349 e. The van der Waals surface area contributed by atoms with E-state index in [-0.39, 0.29) is 11.9 Å². The van der Waals surface area contributed by atoms with Gasteiger partial charge in [-0.15, -0.1) is 5.10 Å². The van der Waals surface area contributed by atoms with Crippen molar-refractivity contribution in [2.45, 2.75) is 29.0 Å². The van der Waals surface area contributed by atoms with E-state index in [0.717, 1.165) is 27.9 Å². The van der Waals surface area contributed by atoms with Crippen LogP contribution >= 0.6 is 35.3 Å². The van der Waals surface area contributed by atoms with Crippen LogP contribution in [0.4, 0.5) is 0 Å². The molecule has 2 aromatic heterocycles. The van der Waals surface area contributed by atoms with Crippen molar-refractivity contribution in [3.8, 4) is 5.69 Å². The molecule has 2 heterocycles. The highest BCUT2D eigenvalue weighted by Gasteiger charge is 2.16. The Balaban J connectivity index is 1.26. The van der Waals surface area contributed by atoms with E-state index in [1.165, 1.54) is 22.5 Å². The Morgan fingerprint density at radius 2 is 1.68 bits per heavy atom. The zero-order chi connectivity index (χ0) is 25.5. The van der Waals surface area contributed by atoms with Gasteiger partial charge in [-0.05, 0) is 54.0 Å². The predicted molar refractivity (Wildman–Crippen MR) is 152 cm³/mol. The molecule has 6 nitrogen and oxygen atoms in total. The topological polar surface area (TPSA) is 75.6 Å². The molecule has 0 saturated heterocycles. The summed E-state index contributed by atoms with van der Waals surface area (Å²) in [4.78, 5) is 20.4.